The monoisotopic (exact) mass is 303 g/mol. The van der Waals surface area contributed by atoms with E-state index in [0.29, 0.717) is 5.56 Å². The maximum Gasteiger partial charge on any atom is 0.401 e. The third-order valence-electron chi connectivity index (χ3n) is 3.57. The molecular weight excluding hydrogens is 286 g/mol. The van der Waals surface area contributed by atoms with E-state index in [4.69, 9.17) is 0 Å². The number of ketones is 1. The quantitative estimate of drug-likeness (QED) is 0.589. The first kappa shape index (κ1) is 15.9. The number of nitrogens with zero attached hydrogens (tertiary/aromatic N) is 1. The molecule has 1 saturated carbocycles. The maximum absolute atomic E-state index is 13.4. The second-order valence-corrected chi connectivity index (χ2v) is 5.45. The van der Waals surface area contributed by atoms with Crippen LogP contribution in [0.2, 0.25) is 0 Å². The summed E-state index contributed by atoms with van der Waals surface area (Å²) in [5.74, 6) is -0.808. The van der Waals surface area contributed by atoms with Crippen LogP contribution in [0.3, 0.4) is 0 Å². The lowest BCUT2D eigenvalue weighted by atomic mass is 10.1. The van der Waals surface area contributed by atoms with Gasteiger partial charge in [0, 0.05) is 24.6 Å². The van der Waals surface area contributed by atoms with E-state index < -0.39 is 18.5 Å². The van der Waals surface area contributed by atoms with Gasteiger partial charge in [0.25, 0.3) is 0 Å². The molecule has 0 bridgehead atoms. The van der Waals surface area contributed by atoms with Gasteiger partial charge in [-0.05, 0) is 31.4 Å². The van der Waals surface area contributed by atoms with Gasteiger partial charge in [-0.2, -0.15) is 13.2 Å². The maximum atomic E-state index is 13.4. The number of hydrogen-bond acceptors (Lipinski definition) is 2. The summed E-state index contributed by atoms with van der Waals surface area (Å²) in [5.41, 5.74) is 0.643. The first-order chi connectivity index (χ1) is 9.76. The van der Waals surface area contributed by atoms with Gasteiger partial charge in [0.15, 0.2) is 5.78 Å². The van der Waals surface area contributed by atoms with Crippen LogP contribution in [0.15, 0.2) is 18.2 Å². The molecule has 0 N–H and O–H groups in total. The largest absolute Gasteiger partial charge is 0.401 e. The van der Waals surface area contributed by atoms with Crippen LogP contribution in [-0.4, -0.2) is 36.0 Å². The Balaban J connectivity index is 1.93. The summed E-state index contributed by atoms with van der Waals surface area (Å²) in [6.45, 7) is 0.646. The molecule has 0 amide bonds. The van der Waals surface area contributed by atoms with Crippen molar-refractivity contribution in [2.24, 2.45) is 0 Å². The van der Waals surface area contributed by atoms with E-state index in [1.165, 1.54) is 17.0 Å². The van der Waals surface area contributed by atoms with E-state index in [1.54, 1.807) is 6.92 Å². The number of carbonyl (C=O) groups excluding carboxylic acids is 1. The zero-order valence-electron chi connectivity index (χ0n) is 11.7. The summed E-state index contributed by atoms with van der Waals surface area (Å²) < 4.78 is 50.8. The third-order valence-corrected chi connectivity index (χ3v) is 3.57. The molecule has 116 valence electrons. The highest BCUT2D eigenvalue weighted by Gasteiger charge is 2.37. The zero-order chi connectivity index (χ0) is 15.6. The van der Waals surface area contributed by atoms with Gasteiger partial charge < -0.3 is 0 Å². The molecule has 21 heavy (non-hydrogen) atoms. The van der Waals surface area contributed by atoms with E-state index in [1.807, 2.05) is 0 Å². The third kappa shape index (κ3) is 4.81. The molecular formula is C15H17F4NO. The second kappa shape index (κ2) is 6.13. The smallest absolute Gasteiger partial charge is 0.294 e. The van der Waals surface area contributed by atoms with Gasteiger partial charge in [0.2, 0.25) is 0 Å². The molecule has 0 aromatic heterocycles. The number of carbonyl (C=O) groups is 1. The fourth-order valence-electron chi connectivity index (χ4n) is 2.22. The summed E-state index contributed by atoms with van der Waals surface area (Å²) in [4.78, 5) is 13.2. The van der Waals surface area contributed by atoms with E-state index in [-0.39, 0.29) is 30.4 Å². The van der Waals surface area contributed by atoms with Crippen LogP contribution < -0.4 is 0 Å². The van der Waals surface area contributed by atoms with E-state index in [0.717, 1.165) is 18.9 Å². The molecule has 0 saturated heterocycles. The SMILES string of the molecule is Cc1ccc(C(=O)CCN(CC(F)(F)F)C2CC2)cc1F. The Bertz CT molecular complexity index is 523. The minimum Gasteiger partial charge on any atom is -0.294 e. The average Bonchev–Trinajstić information content (AvgIpc) is 3.20. The molecule has 6 heteroatoms. The van der Waals surface area contributed by atoms with Crippen LogP contribution in [0.25, 0.3) is 0 Å². The molecule has 1 fully saturated rings. The number of aryl methyl sites for hydroxylation is 1. The van der Waals surface area contributed by atoms with Crippen LogP contribution >= 0.6 is 0 Å². The highest BCUT2D eigenvalue weighted by Crippen LogP contribution is 2.30. The number of benzene rings is 1. The van der Waals surface area contributed by atoms with Crippen LogP contribution in [0.5, 0.6) is 0 Å². The van der Waals surface area contributed by atoms with Crippen molar-refractivity contribution in [1.82, 2.24) is 4.90 Å². The Labute approximate surface area is 120 Å². The van der Waals surface area contributed by atoms with Crippen LogP contribution in [0, 0.1) is 12.7 Å². The predicted octanol–water partition coefficient (Wildman–Crippen LogP) is 3.73. The first-order valence-electron chi connectivity index (χ1n) is 6.86. The van der Waals surface area contributed by atoms with E-state index in [2.05, 4.69) is 0 Å². The Morgan fingerprint density at radius 2 is 2.00 bits per heavy atom. The summed E-state index contributed by atoms with van der Waals surface area (Å²) in [6, 6.07) is 4.07. The van der Waals surface area contributed by atoms with Crippen molar-refractivity contribution >= 4 is 5.78 Å². The van der Waals surface area contributed by atoms with Gasteiger partial charge in [-0.15, -0.1) is 0 Å². The Morgan fingerprint density at radius 1 is 1.33 bits per heavy atom. The molecule has 0 atom stereocenters. The van der Waals surface area contributed by atoms with Crippen molar-refractivity contribution in [2.75, 3.05) is 13.1 Å². The van der Waals surface area contributed by atoms with Crippen molar-refractivity contribution in [2.45, 2.75) is 38.4 Å². The van der Waals surface area contributed by atoms with Crippen LogP contribution in [0.4, 0.5) is 17.6 Å². The van der Waals surface area contributed by atoms with Gasteiger partial charge in [0.1, 0.15) is 5.82 Å². The Hall–Kier alpha value is -1.43. The van der Waals surface area contributed by atoms with Gasteiger partial charge in [-0.25, -0.2) is 4.39 Å². The minimum atomic E-state index is -4.26. The molecule has 0 radical (unpaired) electrons. The predicted molar refractivity (Wildman–Crippen MR) is 70.7 cm³/mol. The molecule has 0 unspecified atom stereocenters. The highest BCUT2D eigenvalue weighted by atomic mass is 19.4. The summed E-state index contributed by atoms with van der Waals surface area (Å²) in [6.07, 6.45) is -2.82. The van der Waals surface area contributed by atoms with E-state index >= 15 is 0 Å². The first-order valence-corrected chi connectivity index (χ1v) is 6.86. The second-order valence-electron chi connectivity index (χ2n) is 5.45. The van der Waals surface area contributed by atoms with E-state index in [9.17, 15) is 22.4 Å². The normalized spacial score (nSPS) is 15.5. The molecule has 1 aromatic rings. The number of rotatable bonds is 6. The van der Waals surface area contributed by atoms with Gasteiger partial charge in [0.05, 0.1) is 6.54 Å². The van der Waals surface area contributed by atoms with Gasteiger partial charge >= 0.3 is 6.18 Å². The van der Waals surface area contributed by atoms with Crippen molar-refractivity contribution in [3.05, 3.63) is 35.1 Å². The lowest BCUT2D eigenvalue weighted by molar-refractivity contribution is -0.147. The van der Waals surface area contributed by atoms with Crippen molar-refractivity contribution in [3.63, 3.8) is 0 Å². The molecule has 1 aliphatic rings. The topological polar surface area (TPSA) is 20.3 Å². The minimum absolute atomic E-state index is 0.0327. The Kier molecular flexibility index (Phi) is 4.66. The average molecular weight is 303 g/mol. The lowest BCUT2D eigenvalue weighted by Gasteiger charge is -2.22. The zero-order valence-corrected chi connectivity index (χ0v) is 11.7. The van der Waals surface area contributed by atoms with Crippen molar-refractivity contribution < 1.29 is 22.4 Å². The molecule has 1 aromatic carbocycles. The molecule has 2 rings (SSSR count). The summed E-state index contributed by atoms with van der Waals surface area (Å²) in [7, 11) is 0. The molecule has 0 heterocycles. The molecule has 2 nitrogen and oxygen atoms in total. The summed E-state index contributed by atoms with van der Waals surface area (Å²) >= 11 is 0. The summed E-state index contributed by atoms with van der Waals surface area (Å²) in [5, 5.41) is 0. The highest BCUT2D eigenvalue weighted by molar-refractivity contribution is 5.96. The number of halogens is 4. The molecule has 0 spiro atoms. The van der Waals surface area contributed by atoms with Crippen LogP contribution in [0.1, 0.15) is 35.2 Å². The number of Topliss-reactive ketones (excluding diaryl/α,β-unsaturated/α-hetero) is 1. The molecule has 0 aliphatic heterocycles. The Morgan fingerprint density at radius 3 is 2.52 bits per heavy atom. The van der Waals surface area contributed by atoms with Gasteiger partial charge in [-0.1, -0.05) is 12.1 Å². The van der Waals surface area contributed by atoms with Crippen LogP contribution in [-0.2, 0) is 0 Å². The van der Waals surface area contributed by atoms with Crippen molar-refractivity contribution in [1.29, 1.82) is 0 Å². The van der Waals surface area contributed by atoms with Gasteiger partial charge in [-0.3, -0.25) is 9.69 Å². The van der Waals surface area contributed by atoms with Crippen molar-refractivity contribution in [3.8, 4) is 0 Å². The lowest BCUT2D eigenvalue weighted by Crippen LogP contribution is -2.37. The number of hydrogen-bond donors (Lipinski definition) is 0. The molecule has 1 aliphatic carbocycles. The fraction of sp³-hybridized carbons (Fsp3) is 0.533. The number of alkyl halides is 3. The fourth-order valence-corrected chi connectivity index (χ4v) is 2.22. The standard InChI is InChI=1S/C15H17F4NO/c1-10-2-3-11(8-13(10)16)14(21)6-7-20(12-4-5-12)9-15(17,18)19/h2-3,8,12H,4-7,9H2,1H3.